The lowest BCUT2D eigenvalue weighted by molar-refractivity contribution is -0.114. The van der Waals surface area contributed by atoms with Gasteiger partial charge >= 0.3 is 0 Å². The number of aliphatic hydroxyl groups is 1. The van der Waals surface area contributed by atoms with Crippen LogP contribution in [0.5, 0.6) is 0 Å². The summed E-state index contributed by atoms with van der Waals surface area (Å²) in [6.45, 7) is 0. The molecule has 0 spiro atoms. The Kier molecular flexibility index (Phi) is 2.36. The van der Waals surface area contributed by atoms with Crippen LogP contribution in [0, 0.1) is 11.3 Å². The van der Waals surface area contributed by atoms with Crippen molar-refractivity contribution < 1.29 is 14.3 Å². The predicted molar refractivity (Wildman–Crippen MR) is 43.1 cm³/mol. The van der Waals surface area contributed by atoms with Crippen molar-refractivity contribution in [1.82, 2.24) is 0 Å². The molecule has 3 N–H and O–H groups in total. The largest absolute Gasteiger partial charge is 0.503 e. The van der Waals surface area contributed by atoms with E-state index in [-0.39, 0.29) is 5.76 Å². The maximum atomic E-state index is 10.6. The fourth-order valence-corrected chi connectivity index (χ4v) is 0.761. The molecule has 0 aliphatic heterocycles. The van der Waals surface area contributed by atoms with Crippen molar-refractivity contribution in [2.45, 2.75) is 0 Å². The number of carbonyl (C=O) groups is 1. The molecule has 1 aromatic heterocycles. The molecule has 0 fully saturated rings. The van der Waals surface area contributed by atoms with Gasteiger partial charge in [-0.1, -0.05) is 0 Å². The van der Waals surface area contributed by atoms with Gasteiger partial charge < -0.3 is 15.3 Å². The summed E-state index contributed by atoms with van der Waals surface area (Å²) in [5.41, 5.74) is 4.31. The minimum Gasteiger partial charge on any atom is -0.503 e. The van der Waals surface area contributed by atoms with Crippen molar-refractivity contribution in [3.05, 3.63) is 29.7 Å². The Balaban J connectivity index is 3.19. The molecule has 0 saturated heterocycles. The first-order chi connectivity index (χ1) is 6.16. The molecular formula is C8H6N2O3. The number of primary amides is 1. The molecule has 5 nitrogen and oxygen atoms in total. The molecular weight excluding hydrogens is 172 g/mol. The van der Waals surface area contributed by atoms with E-state index in [0.717, 1.165) is 0 Å². The van der Waals surface area contributed by atoms with E-state index in [2.05, 4.69) is 0 Å². The van der Waals surface area contributed by atoms with Crippen molar-refractivity contribution in [1.29, 1.82) is 5.26 Å². The summed E-state index contributed by atoms with van der Waals surface area (Å²) in [5, 5.41) is 17.8. The summed E-state index contributed by atoms with van der Waals surface area (Å²) < 4.78 is 4.76. The second-order valence-corrected chi connectivity index (χ2v) is 2.18. The lowest BCUT2D eigenvalue weighted by Crippen LogP contribution is -2.14. The zero-order valence-corrected chi connectivity index (χ0v) is 6.52. The Labute approximate surface area is 73.7 Å². The molecule has 0 radical (unpaired) electrons. The molecule has 66 valence electrons. The van der Waals surface area contributed by atoms with Crippen molar-refractivity contribution in [3.8, 4) is 6.07 Å². The lowest BCUT2D eigenvalue weighted by Gasteiger charge is -1.95. The van der Waals surface area contributed by atoms with Crippen LogP contribution in [0.25, 0.3) is 5.76 Å². The summed E-state index contributed by atoms with van der Waals surface area (Å²) in [6.07, 6.45) is 1.31. The Morgan fingerprint density at radius 1 is 1.69 bits per heavy atom. The summed E-state index contributed by atoms with van der Waals surface area (Å²) in [5.74, 6) is -1.49. The van der Waals surface area contributed by atoms with E-state index in [4.69, 9.17) is 15.4 Å². The highest BCUT2D eigenvalue weighted by Gasteiger charge is 2.14. The van der Waals surface area contributed by atoms with E-state index in [1.807, 2.05) is 0 Å². The van der Waals surface area contributed by atoms with Crippen LogP contribution in [0.4, 0.5) is 0 Å². The molecule has 0 bridgehead atoms. The van der Waals surface area contributed by atoms with E-state index < -0.39 is 17.2 Å². The normalized spacial score (nSPS) is 11.6. The number of nitriles is 1. The van der Waals surface area contributed by atoms with Gasteiger partial charge in [-0.2, -0.15) is 5.26 Å². The zero-order chi connectivity index (χ0) is 9.84. The number of nitrogens with zero attached hydrogens (tertiary/aromatic N) is 1. The van der Waals surface area contributed by atoms with Gasteiger partial charge in [-0.3, -0.25) is 4.79 Å². The average molecular weight is 178 g/mol. The van der Waals surface area contributed by atoms with Gasteiger partial charge in [-0.15, -0.1) is 0 Å². The third kappa shape index (κ3) is 1.68. The van der Waals surface area contributed by atoms with Crippen LogP contribution in [0.15, 0.2) is 28.4 Å². The Bertz CT molecular complexity index is 384. The summed E-state index contributed by atoms with van der Waals surface area (Å²) in [7, 11) is 0. The van der Waals surface area contributed by atoms with Gasteiger partial charge in [0.15, 0.2) is 17.1 Å². The number of hydrogen-bond acceptors (Lipinski definition) is 4. The third-order valence-corrected chi connectivity index (χ3v) is 1.35. The maximum absolute atomic E-state index is 10.6. The number of rotatable bonds is 2. The van der Waals surface area contributed by atoms with Crippen molar-refractivity contribution in [2.75, 3.05) is 0 Å². The highest BCUT2D eigenvalue weighted by Crippen LogP contribution is 2.15. The Morgan fingerprint density at radius 2 is 2.38 bits per heavy atom. The molecule has 0 aliphatic carbocycles. The molecule has 0 aromatic carbocycles. The topological polar surface area (TPSA) is 100 Å². The summed E-state index contributed by atoms with van der Waals surface area (Å²) in [6, 6.07) is 4.41. The van der Waals surface area contributed by atoms with Crippen LogP contribution < -0.4 is 5.73 Å². The quantitative estimate of drug-likeness (QED) is 0.392. The average Bonchev–Trinajstić information content (AvgIpc) is 2.56. The van der Waals surface area contributed by atoms with E-state index in [0.29, 0.717) is 0 Å². The smallest absolute Gasteiger partial charge is 0.263 e. The summed E-state index contributed by atoms with van der Waals surface area (Å²) in [4.78, 5) is 10.6. The van der Waals surface area contributed by atoms with Gasteiger partial charge in [0.25, 0.3) is 5.91 Å². The molecule has 0 unspecified atom stereocenters. The standard InChI is InChI=1S/C8H6N2O3/c9-4-5(8(10)12)7(11)6-2-1-3-13-6/h1-3,11H,(H2,10,12). The number of furan rings is 1. The zero-order valence-electron chi connectivity index (χ0n) is 6.52. The fraction of sp³-hybridized carbons (Fsp3) is 0. The second kappa shape index (κ2) is 3.45. The molecule has 5 heteroatoms. The molecule has 0 atom stereocenters. The molecule has 13 heavy (non-hydrogen) atoms. The van der Waals surface area contributed by atoms with Crippen LogP contribution in [0.1, 0.15) is 5.76 Å². The van der Waals surface area contributed by atoms with Gasteiger partial charge in [0.2, 0.25) is 0 Å². The molecule has 0 aliphatic rings. The fourth-order valence-electron chi connectivity index (χ4n) is 0.761. The van der Waals surface area contributed by atoms with Crippen LogP contribution in [0.3, 0.4) is 0 Å². The second-order valence-electron chi connectivity index (χ2n) is 2.18. The van der Waals surface area contributed by atoms with Crippen molar-refractivity contribution in [2.24, 2.45) is 5.73 Å². The van der Waals surface area contributed by atoms with Gasteiger partial charge in [0.1, 0.15) is 6.07 Å². The van der Waals surface area contributed by atoms with Gasteiger partial charge in [-0.05, 0) is 12.1 Å². The monoisotopic (exact) mass is 178 g/mol. The number of carbonyl (C=O) groups excluding carboxylic acids is 1. The van der Waals surface area contributed by atoms with E-state index in [9.17, 15) is 9.90 Å². The first-order valence-corrected chi connectivity index (χ1v) is 3.34. The number of nitrogens with two attached hydrogens (primary N) is 1. The molecule has 1 aromatic rings. The number of aliphatic hydroxyl groups excluding tert-OH is 1. The van der Waals surface area contributed by atoms with Gasteiger partial charge in [0.05, 0.1) is 6.26 Å². The highest BCUT2D eigenvalue weighted by molar-refractivity contribution is 6.02. The van der Waals surface area contributed by atoms with Crippen LogP contribution in [-0.4, -0.2) is 11.0 Å². The molecule has 1 amide bonds. The Morgan fingerprint density at radius 3 is 2.77 bits per heavy atom. The minimum atomic E-state index is -0.989. The number of amides is 1. The summed E-state index contributed by atoms with van der Waals surface area (Å²) >= 11 is 0. The van der Waals surface area contributed by atoms with E-state index in [1.165, 1.54) is 24.5 Å². The SMILES string of the molecule is N#CC(C(N)=O)=C(O)c1ccco1. The van der Waals surface area contributed by atoms with Gasteiger partial charge in [0, 0.05) is 0 Å². The molecule has 1 heterocycles. The van der Waals surface area contributed by atoms with E-state index in [1.54, 1.807) is 0 Å². The maximum Gasteiger partial charge on any atom is 0.263 e. The number of hydrogen-bond donors (Lipinski definition) is 2. The first-order valence-electron chi connectivity index (χ1n) is 3.34. The van der Waals surface area contributed by atoms with Crippen molar-refractivity contribution >= 4 is 11.7 Å². The lowest BCUT2D eigenvalue weighted by atomic mass is 10.2. The van der Waals surface area contributed by atoms with Gasteiger partial charge in [-0.25, -0.2) is 0 Å². The molecule has 1 rings (SSSR count). The Hall–Kier alpha value is -2.22. The molecule has 0 saturated carbocycles. The predicted octanol–water partition coefficient (Wildman–Crippen LogP) is 0.558. The third-order valence-electron chi connectivity index (χ3n) is 1.35. The first kappa shape index (κ1) is 8.87. The minimum absolute atomic E-state index is 0.0374. The van der Waals surface area contributed by atoms with Crippen molar-refractivity contribution in [3.63, 3.8) is 0 Å². The van der Waals surface area contributed by atoms with E-state index >= 15 is 0 Å². The van der Waals surface area contributed by atoms with Crippen LogP contribution in [0.2, 0.25) is 0 Å². The highest BCUT2D eigenvalue weighted by atomic mass is 16.4. The van der Waals surface area contributed by atoms with Crippen LogP contribution in [-0.2, 0) is 4.79 Å². The van der Waals surface area contributed by atoms with Crippen LogP contribution >= 0.6 is 0 Å².